The lowest BCUT2D eigenvalue weighted by atomic mass is 9.98. The number of morpholine rings is 1. The van der Waals surface area contributed by atoms with Gasteiger partial charge in [-0.3, -0.25) is 9.20 Å². The summed E-state index contributed by atoms with van der Waals surface area (Å²) in [4.78, 5) is 26.9. The quantitative estimate of drug-likeness (QED) is 0.560. The SMILES string of the molecule is C.CC(C)(N)C(=O)N[C@H](COC1CCCCC1)c1nnc2cccc(COC(=O)N3CCOCC3)n12. The Labute approximate surface area is 212 Å². The van der Waals surface area contributed by atoms with Crippen molar-refractivity contribution in [3.63, 3.8) is 0 Å². The van der Waals surface area contributed by atoms with Gasteiger partial charge < -0.3 is 30.2 Å². The average molecular weight is 505 g/mol. The van der Waals surface area contributed by atoms with Crippen molar-refractivity contribution in [2.45, 2.75) is 77.7 Å². The van der Waals surface area contributed by atoms with Crippen LogP contribution in [-0.2, 0) is 25.6 Å². The number of nitrogens with zero attached hydrogens (tertiary/aromatic N) is 4. The van der Waals surface area contributed by atoms with Crippen LogP contribution in [0.5, 0.6) is 0 Å². The third-order valence-electron chi connectivity index (χ3n) is 6.40. The fraction of sp³-hybridized carbons (Fsp3) is 0.680. The molecule has 1 saturated carbocycles. The van der Waals surface area contributed by atoms with Gasteiger partial charge in [-0.25, -0.2) is 4.79 Å². The van der Waals surface area contributed by atoms with Crippen LogP contribution in [0.3, 0.4) is 0 Å². The molecule has 4 rings (SSSR count). The lowest BCUT2D eigenvalue weighted by Gasteiger charge is -2.27. The summed E-state index contributed by atoms with van der Waals surface area (Å²) in [6.07, 6.45) is 5.28. The smallest absolute Gasteiger partial charge is 0.410 e. The number of nitrogens with two attached hydrogens (primary N) is 1. The van der Waals surface area contributed by atoms with Crippen LogP contribution < -0.4 is 11.1 Å². The lowest BCUT2D eigenvalue weighted by molar-refractivity contribution is -0.126. The van der Waals surface area contributed by atoms with Crippen LogP contribution >= 0.6 is 0 Å². The third kappa shape index (κ3) is 6.92. The maximum absolute atomic E-state index is 12.8. The number of ether oxygens (including phenoxy) is 3. The summed E-state index contributed by atoms with van der Waals surface area (Å²) in [5.41, 5.74) is 6.25. The predicted octanol–water partition coefficient (Wildman–Crippen LogP) is 2.58. The van der Waals surface area contributed by atoms with Gasteiger partial charge in [0.1, 0.15) is 12.6 Å². The number of aromatic nitrogens is 3. The standard InChI is InChI=1S/C24H36N6O5.CH4/c1-24(2,25)22(31)26-19(16-34-18-8-4-3-5-9-18)21-28-27-20-10-6-7-17(30(20)21)15-35-23(32)29-11-13-33-14-12-29;/h6-7,10,18-19H,3-5,8-9,11-16,25H2,1-2H3,(H,26,31);1H4/t19-;/m1./s1. The van der Waals surface area contributed by atoms with Crippen LogP contribution in [0.4, 0.5) is 4.79 Å². The van der Waals surface area contributed by atoms with Crippen molar-refractivity contribution in [3.05, 3.63) is 29.7 Å². The molecule has 1 atom stereocenters. The Morgan fingerprint density at radius 1 is 1.19 bits per heavy atom. The Balaban J connectivity index is 0.00000361. The molecule has 2 aromatic rings. The molecule has 11 nitrogen and oxygen atoms in total. The number of hydrogen-bond donors (Lipinski definition) is 2. The predicted molar refractivity (Wildman–Crippen MR) is 134 cm³/mol. The monoisotopic (exact) mass is 504 g/mol. The first-order chi connectivity index (χ1) is 16.8. The van der Waals surface area contributed by atoms with Gasteiger partial charge in [-0.15, -0.1) is 10.2 Å². The van der Waals surface area contributed by atoms with Crippen LogP contribution in [0.15, 0.2) is 18.2 Å². The number of carbonyl (C=O) groups excluding carboxylic acids is 2. The lowest BCUT2D eigenvalue weighted by Crippen LogP contribution is -2.51. The van der Waals surface area contributed by atoms with Crippen molar-refractivity contribution in [2.24, 2.45) is 5.73 Å². The average Bonchev–Trinajstić information content (AvgIpc) is 3.30. The number of carbonyl (C=O) groups is 2. The van der Waals surface area contributed by atoms with Gasteiger partial charge in [0.2, 0.25) is 5.91 Å². The zero-order valence-electron chi connectivity index (χ0n) is 20.6. The Kier molecular flexibility index (Phi) is 9.63. The van der Waals surface area contributed by atoms with Crippen molar-refractivity contribution in [2.75, 3.05) is 32.9 Å². The van der Waals surface area contributed by atoms with Gasteiger partial charge in [0.15, 0.2) is 11.5 Å². The summed E-state index contributed by atoms with van der Waals surface area (Å²) >= 11 is 0. The van der Waals surface area contributed by atoms with E-state index < -0.39 is 17.7 Å². The largest absolute Gasteiger partial charge is 0.443 e. The molecule has 1 saturated heterocycles. The van der Waals surface area contributed by atoms with Crippen LogP contribution in [0.1, 0.15) is 70.9 Å². The molecule has 200 valence electrons. The molecule has 11 heteroatoms. The van der Waals surface area contributed by atoms with E-state index in [0.717, 1.165) is 25.7 Å². The number of pyridine rings is 1. The molecular weight excluding hydrogens is 464 g/mol. The van der Waals surface area contributed by atoms with Crippen LogP contribution in [0.2, 0.25) is 0 Å². The molecule has 3 heterocycles. The fourth-order valence-corrected chi connectivity index (χ4v) is 4.33. The first-order valence-electron chi connectivity index (χ1n) is 12.4. The topological polar surface area (TPSA) is 133 Å². The molecular formula is C25H40N6O5. The maximum atomic E-state index is 12.8. The summed E-state index contributed by atoms with van der Waals surface area (Å²) in [7, 11) is 0. The highest BCUT2D eigenvalue weighted by Gasteiger charge is 2.29. The molecule has 3 N–H and O–H groups in total. The second-order valence-corrected chi connectivity index (χ2v) is 9.76. The Morgan fingerprint density at radius 2 is 1.92 bits per heavy atom. The minimum atomic E-state index is -1.07. The van der Waals surface area contributed by atoms with Gasteiger partial charge in [-0.05, 0) is 38.8 Å². The molecule has 0 spiro atoms. The zero-order chi connectivity index (χ0) is 24.8. The first kappa shape index (κ1) is 27.8. The summed E-state index contributed by atoms with van der Waals surface area (Å²) in [5, 5.41) is 11.7. The van der Waals surface area contributed by atoms with Gasteiger partial charge in [0.05, 0.1) is 37.2 Å². The number of nitrogens with one attached hydrogen (secondary N) is 1. The van der Waals surface area contributed by atoms with Crippen molar-refractivity contribution in [1.29, 1.82) is 0 Å². The van der Waals surface area contributed by atoms with Crippen LogP contribution in [0.25, 0.3) is 5.65 Å². The summed E-state index contributed by atoms with van der Waals surface area (Å²) in [6.45, 7) is 5.59. The van der Waals surface area contributed by atoms with E-state index in [1.807, 2.05) is 22.6 Å². The number of amides is 2. The molecule has 2 amide bonds. The highest BCUT2D eigenvalue weighted by Crippen LogP contribution is 2.23. The molecule has 0 unspecified atom stereocenters. The van der Waals surface area contributed by atoms with E-state index in [2.05, 4.69) is 15.5 Å². The summed E-state index contributed by atoms with van der Waals surface area (Å²) in [5.74, 6) is 0.189. The highest BCUT2D eigenvalue weighted by atomic mass is 16.6. The van der Waals surface area contributed by atoms with E-state index in [4.69, 9.17) is 19.9 Å². The van der Waals surface area contributed by atoms with E-state index >= 15 is 0 Å². The van der Waals surface area contributed by atoms with Crippen molar-refractivity contribution in [1.82, 2.24) is 24.8 Å². The molecule has 0 bridgehead atoms. The van der Waals surface area contributed by atoms with Crippen molar-refractivity contribution in [3.8, 4) is 0 Å². The van der Waals surface area contributed by atoms with Crippen molar-refractivity contribution >= 4 is 17.6 Å². The van der Waals surface area contributed by atoms with E-state index in [9.17, 15) is 9.59 Å². The van der Waals surface area contributed by atoms with Crippen LogP contribution in [-0.4, -0.2) is 76.1 Å². The molecule has 1 aliphatic carbocycles. The maximum Gasteiger partial charge on any atom is 0.410 e. The molecule has 2 aliphatic rings. The molecule has 2 fully saturated rings. The molecule has 0 radical (unpaired) electrons. The minimum absolute atomic E-state index is 0. The van der Waals surface area contributed by atoms with Crippen molar-refractivity contribution < 1.29 is 23.8 Å². The van der Waals surface area contributed by atoms with Crippen LogP contribution in [0, 0.1) is 0 Å². The Bertz CT molecular complexity index is 1010. The summed E-state index contributed by atoms with van der Waals surface area (Å²) < 4.78 is 18.9. The number of rotatable bonds is 8. The second-order valence-electron chi connectivity index (χ2n) is 9.76. The third-order valence-corrected chi connectivity index (χ3v) is 6.40. The Morgan fingerprint density at radius 3 is 2.61 bits per heavy atom. The fourth-order valence-electron chi connectivity index (χ4n) is 4.33. The summed E-state index contributed by atoms with van der Waals surface area (Å²) in [6, 6.07) is 4.93. The van der Waals surface area contributed by atoms with Gasteiger partial charge in [-0.2, -0.15) is 0 Å². The van der Waals surface area contributed by atoms with E-state index in [1.54, 1.807) is 18.7 Å². The minimum Gasteiger partial charge on any atom is -0.443 e. The van der Waals surface area contributed by atoms with E-state index in [1.165, 1.54) is 6.42 Å². The molecule has 1 aliphatic heterocycles. The number of hydrogen-bond acceptors (Lipinski definition) is 8. The second kappa shape index (κ2) is 12.5. The van der Waals surface area contributed by atoms with Gasteiger partial charge in [0, 0.05) is 13.1 Å². The number of fused-ring (bicyclic) bond motifs is 1. The van der Waals surface area contributed by atoms with E-state index in [-0.39, 0.29) is 32.7 Å². The molecule has 0 aromatic carbocycles. The normalized spacial score (nSPS) is 17.9. The zero-order valence-corrected chi connectivity index (χ0v) is 20.6. The van der Waals surface area contributed by atoms with Gasteiger partial charge in [-0.1, -0.05) is 32.8 Å². The highest BCUT2D eigenvalue weighted by molar-refractivity contribution is 5.85. The molecule has 36 heavy (non-hydrogen) atoms. The van der Waals surface area contributed by atoms with Gasteiger partial charge >= 0.3 is 6.09 Å². The Hall–Kier alpha value is -2.76. The van der Waals surface area contributed by atoms with Gasteiger partial charge in [0.25, 0.3) is 0 Å². The van der Waals surface area contributed by atoms with E-state index in [0.29, 0.717) is 43.5 Å². The first-order valence-corrected chi connectivity index (χ1v) is 12.4. The molecule has 2 aromatic heterocycles.